The van der Waals surface area contributed by atoms with Crippen LogP contribution in [0.5, 0.6) is 0 Å². The van der Waals surface area contributed by atoms with Crippen LogP contribution in [0.2, 0.25) is 0 Å². The van der Waals surface area contributed by atoms with Crippen LogP contribution in [-0.2, 0) is 0 Å². The van der Waals surface area contributed by atoms with Crippen LogP contribution in [0.25, 0.3) is 11.0 Å². The smallest absolute Gasteiger partial charge is 0.154 e. The molecule has 25 heavy (non-hydrogen) atoms. The third-order valence-electron chi connectivity index (χ3n) is 4.55. The topological polar surface area (TPSA) is 66.8 Å². The number of hydrogen-bond donors (Lipinski definition) is 1. The Morgan fingerprint density at radius 2 is 1.92 bits per heavy atom. The lowest BCUT2D eigenvalue weighted by atomic mass is 10.0. The summed E-state index contributed by atoms with van der Waals surface area (Å²) in [5, 5.41) is 11.5. The van der Waals surface area contributed by atoms with Crippen molar-refractivity contribution in [1.29, 1.82) is 0 Å². The van der Waals surface area contributed by atoms with Gasteiger partial charge in [-0.3, -0.25) is 4.98 Å². The Labute approximate surface area is 147 Å². The molecule has 6 nitrogen and oxygen atoms in total. The fraction of sp³-hybridized carbons (Fsp3) is 0.368. The van der Waals surface area contributed by atoms with Crippen molar-refractivity contribution >= 4 is 28.4 Å². The quantitative estimate of drug-likeness (QED) is 0.784. The number of rotatable bonds is 4. The maximum atomic E-state index is 4.70. The highest BCUT2D eigenvalue weighted by Gasteiger charge is 2.23. The van der Waals surface area contributed by atoms with Gasteiger partial charge in [-0.25, -0.2) is 4.98 Å². The normalized spacial score (nSPS) is 14.8. The summed E-state index contributed by atoms with van der Waals surface area (Å²) < 4.78 is 0. The minimum Gasteiger partial charge on any atom is -0.370 e. The van der Waals surface area contributed by atoms with Gasteiger partial charge >= 0.3 is 0 Å². The molecule has 0 bridgehead atoms. The molecule has 1 aliphatic heterocycles. The van der Waals surface area contributed by atoms with Gasteiger partial charge in [0.25, 0.3) is 0 Å². The van der Waals surface area contributed by atoms with E-state index in [1.165, 1.54) is 0 Å². The van der Waals surface area contributed by atoms with E-state index >= 15 is 0 Å². The molecule has 0 radical (unpaired) electrons. The predicted octanol–water partition coefficient (Wildman–Crippen LogP) is 3.74. The van der Waals surface area contributed by atoms with E-state index in [0.717, 1.165) is 47.1 Å². The first-order chi connectivity index (χ1) is 12.1. The maximum absolute atomic E-state index is 4.70. The largest absolute Gasteiger partial charge is 0.370 e. The van der Waals surface area contributed by atoms with Crippen LogP contribution < -0.4 is 10.2 Å². The molecule has 3 aromatic rings. The number of aromatic nitrogens is 4. The molecule has 3 aromatic heterocycles. The summed E-state index contributed by atoms with van der Waals surface area (Å²) in [7, 11) is 0. The summed E-state index contributed by atoms with van der Waals surface area (Å²) >= 11 is 0. The van der Waals surface area contributed by atoms with E-state index in [-0.39, 0.29) is 0 Å². The zero-order chi connectivity index (χ0) is 17.4. The first-order valence-electron chi connectivity index (χ1n) is 8.70. The lowest BCUT2D eigenvalue weighted by molar-refractivity contribution is 0.447. The summed E-state index contributed by atoms with van der Waals surface area (Å²) in [5.41, 5.74) is 4.06. The van der Waals surface area contributed by atoms with Crippen LogP contribution in [0.1, 0.15) is 32.3 Å². The fourth-order valence-electron chi connectivity index (χ4n) is 3.04. The van der Waals surface area contributed by atoms with Crippen LogP contribution in [0.3, 0.4) is 0 Å². The van der Waals surface area contributed by atoms with Crippen molar-refractivity contribution in [3.05, 3.63) is 42.2 Å². The molecule has 0 aliphatic carbocycles. The molecule has 6 heteroatoms. The van der Waals surface area contributed by atoms with E-state index in [1.54, 1.807) is 6.20 Å². The third-order valence-corrected chi connectivity index (χ3v) is 4.55. The van der Waals surface area contributed by atoms with E-state index in [0.29, 0.717) is 11.7 Å². The van der Waals surface area contributed by atoms with Gasteiger partial charge in [0.05, 0.1) is 29.1 Å². The standard InChI is InChI=1S/C19H22N6/c1-12(2)14-6-19(24-21-8-14)23-18-5-4-16-17(22-18)7-15(9-20-16)25-10-13(3)11-25/h4-9,12-13H,10-11H2,1-3H3,(H,22,23,24). The molecule has 128 valence electrons. The summed E-state index contributed by atoms with van der Waals surface area (Å²) in [6, 6.07) is 8.02. The van der Waals surface area contributed by atoms with Crippen LogP contribution >= 0.6 is 0 Å². The van der Waals surface area contributed by atoms with E-state index in [2.05, 4.69) is 52.2 Å². The maximum Gasteiger partial charge on any atom is 0.154 e. The molecule has 0 unspecified atom stereocenters. The van der Waals surface area contributed by atoms with Gasteiger partial charge in [0.2, 0.25) is 0 Å². The van der Waals surface area contributed by atoms with E-state index in [4.69, 9.17) is 4.98 Å². The minimum absolute atomic E-state index is 0.409. The molecular weight excluding hydrogens is 312 g/mol. The number of anilines is 3. The molecule has 0 atom stereocenters. The molecule has 4 heterocycles. The van der Waals surface area contributed by atoms with Crippen molar-refractivity contribution in [1.82, 2.24) is 20.2 Å². The molecule has 1 fully saturated rings. The molecule has 0 amide bonds. The Balaban J connectivity index is 1.60. The van der Waals surface area contributed by atoms with Gasteiger partial charge in [-0.1, -0.05) is 20.8 Å². The lowest BCUT2D eigenvalue weighted by Gasteiger charge is -2.38. The summed E-state index contributed by atoms with van der Waals surface area (Å²) in [6.45, 7) is 8.71. The van der Waals surface area contributed by atoms with Gasteiger partial charge in [-0.05, 0) is 41.7 Å². The molecule has 1 N–H and O–H groups in total. The summed E-state index contributed by atoms with van der Waals surface area (Å²) in [4.78, 5) is 11.6. The second-order valence-electron chi connectivity index (χ2n) is 7.09. The van der Waals surface area contributed by atoms with Gasteiger partial charge in [-0.15, -0.1) is 5.10 Å². The number of nitrogens with one attached hydrogen (secondary N) is 1. The highest BCUT2D eigenvalue weighted by molar-refractivity contribution is 5.80. The van der Waals surface area contributed by atoms with Crippen molar-refractivity contribution in [2.24, 2.45) is 5.92 Å². The van der Waals surface area contributed by atoms with E-state index < -0.39 is 0 Å². The Morgan fingerprint density at radius 3 is 2.68 bits per heavy atom. The van der Waals surface area contributed by atoms with Gasteiger partial charge in [0, 0.05) is 13.1 Å². The van der Waals surface area contributed by atoms with Crippen molar-refractivity contribution < 1.29 is 0 Å². The molecular formula is C19H22N6. The average molecular weight is 334 g/mol. The predicted molar refractivity (Wildman–Crippen MR) is 100 cm³/mol. The molecule has 1 saturated heterocycles. The van der Waals surface area contributed by atoms with Crippen LogP contribution in [0.15, 0.2) is 36.7 Å². The Kier molecular flexibility index (Phi) is 3.95. The van der Waals surface area contributed by atoms with Gasteiger partial charge in [0.1, 0.15) is 5.82 Å². The zero-order valence-electron chi connectivity index (χ0n) is 14.8. The average Bonchev–Trinajstić information content (AvgIpc) is 2.58. The van der Waals surface area contributed by atoms with Crippen LogP contribution in [-0.4, -0.2) is 33.3 Å². The van der Waals surface area contributed by atoms with E-state index in [9.17, 15) is 0 Å². The Bertz CT molecular complexity index is 901. The van der Waals surface area contributed by atoms with Crippen LogP contribution in [0, 0.1) is 5.92 Å². The van der Waals surface area contributed by atoms with Gasteiger partial charge < -0.3 is 10.2 Å². The fourth-order valence-corrected chi connectivity index (χ4v) is 3.04. The zero-order valence-corrected chi connectivity index (χ0v) is 14.8. The first kappa shape index (κ1) is 15.7. The van der Waals surface area contributed by atoms with Gasteiger partial charge in [-0.2, -0.15) is 5.10 Å². The number of nitrogens with zero attached hydrogens (tertiary/aromatic N) is 5. The molecule has 1 aliphatic rings. The van der Waals surface area contributed by atoms with Crippen molar-refractivity contribution in [3.63, 3.8) is 0 Å². The lowest BCUT2D eigenvalue weighted by Crippen LogP contribution is -2.45. The highest BCUT2D eigenvalue weighted by atomic mass is 15.2. The number of fused-ring (bicyclic) bond motifs is 1. The van der Waals surface area contributed by atoms with Crippen LogP contribution in [0.4, 0.5) is 17.3 Å². The molecule has 0 spiro atoms. The Morgan fingerprint density at radius 1 is 1.08 bits per heavy atom. The summed E-state index contributed by atoms with van der Waals surface area (Å²) in [5.74, 6) is 2.62. The molecule has 0 aromatic carbocycles. The van der Waals surface area contributed by atoms with E-state index in [1.807, 2.05) is 24.4 Å². The van der Waals surface area contributed by atoms with Crippen molar-refractivity contribution in [3.8, 4) is 0 Å². The molecule has 4 rings (SSSR count). The summed E-state index contributed by atoms with van der Waals surface area (Å²) in [6.07, 6.45) is 3.73. The van der Waals surface area contributed by atoms with Crippen molar-refractivity contribution in [2.75, 3.05) is 23.3 Å². The third kappa shape index (κ3) is 3.24. The first-order valence-corrected chi connectivity index (χ1v) is 8.70. The van der Waals surface area contributed by atoms with Crippen molar-refractivity contribution in [2.45, 2.75) is 26.7 Å². The second kappa shape index (κ2) is 6.27. The highest BCUT2D eigenvalue weighted by Crippen LogP contribution is 2.26. The monoisotopic (exact) mass is 334 g/mol. The second-order valence-corrected chi connectivity index (χ2v) is 7.09. The SMILES string of the molecule is CC1CN(c2cnc3ccc(Nc4cc(C(C)C)cnn4)nc3c2)C1. The molecule has 0 saturated carbocycles. The Hall–Kier alpha value is -2.76. The van der Waals surface area contributed by atoms with Gasteiger partial charge in [0.15, 0.2) is 5.82 Å². The number of pyridine rings is 2. The number of hydrogen-bond acceptors (Lipinski definition) is 6. The minimum atomic E-state index is 0.409.